The summed E-state index contributed by atoms with van der Waals surface area (Å²) in [6.45, 7) is 12.0. The molecule has 0 aromatic heterocycles. The summed E-state index contributed by atoms with van der Waals surface area (Å²) in [5.41, 5.74) is 11.6. The molecule has 0 fully saturated rings. The third kappa shape index (κ3) is 5.79. The van der Waals surface area contributed by atoms with Crippen molar-refractivity contribution in [3.05, 3.63) is 151 Å². The molecule has 0 heterocycles. The van der Waals surface area contributed by atoms with Gasteiger partial charge in [-0.05, 0) is 0 Å². The minimum Gasteiger partial charge on any atom is -1.00 e. The average molecular weight is 659 g/mol. The molecule has 0 radical (unpaired) electrons. The number of allylic oxidation sites excluding steroid dienone is 4. The van der Waals surface area contributed by atoms with E-state index in [0.717, 1.165) is 6.42 Å². The van der Waals surface area contributed by atoms with Gasteiger partial charge in [0, 0.05) is 0 Å². The van der Waals surface area contributed by atoms with Crippen molar-refractivity contribution in [3.63, 3.8) is 0 Å². The van der Waals surface area contributed by atoms with Gasteiger partial charge >= 0.3 is 238 Å². The molecule has 4 aromatic carbocycles. The summed E-state index contributed by atoms with van der Waals surface area (Å²) < 4.78 is 3.86. The van der Waals surface area contributed by atoms with Gasteiger partial charge in [-0.15, -0.1) is 0 Å². The zero-order valence-corrected chi connectivity index (χ0v) is 28.9. The van der Waals surface area contributed by atoms with Crippen molar-refractivity contribution in [3.8, 4) is 11.1 Å². The van der Waals surface area contributed by atoms with Crippen molar-refractivity contribution < 1.29 is 46.1 Å². The van der Waals surface area contributed by atoms with Gasteiger partial charge in [0.25, 0.3) is 0 Å². The molecule has 0 spiro atoms. The van der Waals surface area contributed by atoms with Gasteiger partial charge in [0.05, 0.1) is 0 Å². The van der Waals surface area contributed by atoms with Crippen LogP contribution < -0.4 is 24.8 Å². The number of benzene rings is 4. The van der Waals surface area contributed by atoms with Crippen LogP contribution >= 0.6 is 0 Å². The summed E-state index contributed by atoms with van der Waals surface area (Å²) in [6.07, 6.45) is 6.38. The van der Waals surface area contributed by atoms with Gasteiger partial charge in [-0.1, -0.05) is 0 Å². The van der Waals surface area contributed by atoms with Gasteiger partial charge < -0.3 is 24.8 Å². The Hall–Kier alpha value is -2.09. The maximum absolute atomic E-state index is 2.68. The van der Waals surface area contributed by atoms with Crippen molar-refractivity contribution >= 4 is 11.3 Å². The molecule has 0 amide bonds. The molecule has 0 saturated carbocycles. The summed E-state index contributed by atoms with van der Waals surface area (Å²) in [4.78, 5) is 0. The van der Waals surface area contributed by atoms with Gasteiger partial charge in [0.2, 0.25) is 0 Å². The molecule has 0 aliphatic heterocycles. The normalized spacial score (nSPS) is 13.6. The van der Waals surface area contributed by atoms with Gasteiger partial charge in [-0.2, -0.15) is 0 Å². The Morgan fingerprint density at radius 1 is 0.675 bits per heavy atom. The van der Waals surface area contributed by atoms with Crippen LogP contribution in [0.2, 0.25) is 19.6 Å². The molecular formula is C36H36Cl2SiZr. The molecule has 0 nitrogen and oxygen atoms in total. The summed E-state index contributed by atoms with van der Waals surface area (Å²) in [5, 5.41) is 1.64. The molecule has 40 heavy (non-hydrogen) atoms. The van der Waals surface area contributed by atoms with E-state index in [4.69, 9.17) is 0 Å². The second-order valence-electron chi connectivity index (χ2n) is 11.9. The number of rotatable bonds is 5. The second kappa shape index (κ2) is 12.4. The summed E-state index contributed by atoms with van der Waals surface area (Å²) in [5.74, 6) is 0. The van der Waals surface area contributed by atoms with E-state index in [9.17, 15) is 0 Å². The minimum atomic E-state index is -2.63. The van der Waals surface area contributed by atoms with Gasteiger partial charge in [-0.3, -0.25) is 0 Å². The standard InChI is InChI=1S/C15H13.C13H10.C8H13Si.2ClH.Zr/c1-10-3-5-14-12(7-10)9-13-8-11(2)4-6-15(13)14;1-3-7-12(8-4-1)11-13-9-5-2-6-10-13;1-9(2,3)8-6-4-5-7-8;;;/h3-9H,1-2H3;1-10H;6-7H,4H2,1-3H3;2*1H;/q;;;;;+2/p-2. The molecule has 202 valence electrons. The third-order valence-electron chi connectivity index (χ3n) is 8.09. The summed E-state index contributed by atoms with van der Waals surface area (Å²) in [6, 6.07) is 37.0. The quantitative estimate of drug-likeness (QED) is 0.289. The van der Waals surface area contributed by atoms with Crippen molar-refractivity contribution in [2.24, 2.45) is 0 Å². The molecule has 4 heteroatoms. The van der Waals surface area contributed by atoms with Crippen LogP contribution in [0.5, 0.6) is 0 Å². The van der Waals surface area contributed by atoms with Gasteiger partial charge in [0.1, 0.15) is 0 Å². The molecule has 2 aliphatic rings. The minimum absolute atomic E-state index is 0. The first-order valence-electron chi connectivity index (χ1n) is 13.8. The van der Waals surface area contributed by atoms with E-state index < -0.39 is 29.3 Å². The molecule has 0 N–H and O–H groups in total. The van der Waals surface area contributed by atoms with Crippen LogP contribution in [-0.4, -0.2) is 11.3 Å². The SMILES string of the molecule is Cc1ccc2c(c1)[CH]([Zr+2]([C]1=CC([Si](C)(C)C)=CC1)=[C](c1ccccc1)c1ccccc1)c1cc(C)ccc1-2.[Cl-].[Cl-]. The van der Waals surface area contributed by atoms with E-state index in [1.165, 1.54) is 33.4 Å². The largest absolute Gasteiger partial charge is 1.00 e. The Labute approximate surface area is 261 Å². The maximum atomic E-state index is 2.68. The first kappa shape index (κ1) is 30.9. The molecule has 4 aromatic rings. The Balaban J connectivity index is 0.00000185. The molecule has 0 saturated heterocycles. The second-order valence-corrected chi connectivity index (χ2v) is 23.3. The number of fused-ring (bicyclic) bond motifs is 3. The van der Waals surface area contributed by atoms with E-state index in [-0.39, 0.29) is 24.8 Å². The molecular weight excluding hydrogens is 623 g/mol. The number of halogens is 2. The molecule has 0 bridgehead atoms. The smallest absolute Gasteiger partial charge is 1.00 e. The first-order valence-corrected chi connectivity index (χ1v) is 21.2. The van der Waals surface area contributed by atoms with Crippen LogP contribution in [0.15, 0.2) is 118 Å². The molecule has 2 aliphatic carbocycles. The van der Waals surface area contributed by atoms with Crippen molar-refractivity contribution in [2.45, 2.75) is 43.5 Å². The van der Waals surface area contributed by atoms with E-state index in [1.54, 1.807) is 22.8 Å². The van der Waals surface area contributed by atoms with E-state index in [0.29, 0.717) is 3.63 Å². The number of aryl methyl sites for hydroxylation is 2. The van der Waals surface area contributed by atoms with Gasteiger partial charge in [0.15, 0.2) is 0 Å². The van der Waals surface area contributed by atoms with Crippen molar-refractivity contribution in [1.82, 2.24) is 0 Å². The zero-order chi connectivity index (χ0) is 26.4. The Kier molecular flexibility index (Phi) is 9.58. The topological polar surface area (TPSA) is 0 Å². The average Bonchev–Trinajstić information content (AvgIpc) is 3.51. The van der Waals surface area contributed by atoms with Crippen LogP contribution in [0, 0.1) is 13.8 Å². The van der Waals surface area contributed by atoms with E-state index >= 15 is 0 Å². The third-order valence-corrected chi connectivity index (χ3v) is 18.4. The molecule has 6 rings (SSSR count). The number of hydrogen-bond acceptors (Lipinski definition) is 0. The van der Waals surface area contributed by atoms with Crippen molar-refractivity contribution in [2.75, 3.05) is 0 Å². The van der Waals surface area contributed by atoms with Crippen LogP contribution in [0.25, 0.3) is 11.1 Å². The molecule has 0 unspecified atom stereocenters. The Morgan fingerprint density at radius 2 is 1.15 bits per heavy atom. The van der Waals surface area contributed by atoms with Crippen LogP contribution in [0.3, 0.4) is 0 Å². The molecule has 0 atom stereocenters. The fourth-order valence-electron chi connectivity index (χ4n) is 6.22. The predicted octanol–water partition coefficient (Wildman–Crippen LogP) is 3.36. The van der Waals surface area contributed by atoms with Crippen LogP contribution in [0.1, 0.15) is 43.4 Å². The predicted molar refractivity (Wildman–Crippen MR) is 163 cm³/mol. The monoisotopic (exact) mass is 656 g/mol. The van der Waals surface area contributed by atoms with Crippen LogP contribution in [0.4, 0.5) is 0 Å². The fourth-order valence-corrected chi connectivity index (χ4v) is 16.9. The fraction of sp³-hybridized carbons (Fsp3) is 0.194. The summed E-state index contributed by atoms with van der Waals surface area (Å²) >= 11 is -2.63. The maximum Gasteiger partial charge on any atom is -1.00 e. The van der Waals surface area contributed by atoms with E-state index in [2.05, 4.69) is 143 Å². The first-order chi connectivity index (χ1) is 18.3. The van der Waals surface area contributed by atoms with Gasteiger partial charge in [-0.25, -0.2) is 0 Å². The summed E-state index contributed by atoms with van der Waals surface area (Å²) in [7, 11) is -1.40. The zero-order valence-electron chi connectivity index (χ0n) is 23.9. The van der Waals surface area contributed by atoms with Crippen LogP contribution in [-0.2, 0) is 21.3 Å². The number of hydrogen-bond donors (Lipinski definition) is 0. The Morgan fingerprint density at radius 3 is 1.57 bits per heavy atom. The Bertz CT molecular complexity index is 1530. The van der Waals surface area contributed by atoms with E-state index in [1.807, 2.05) is 0 Å². The van der Waals surface area contributed by atoms with Crippen molar-refractivity contribution in [1.29, 1.82) is 0 Å².